The van der Waals surface area contributed by atoms with Gasteiger partial charge in [0.25, 0.3) is 0 Å². The van der Waals surface area contributed by atoms with Crippen LogP contribution >= 0.6 is 0 Å². The van der Waals surface area contributed by atoms with Gasteiger partial charge in [-0.2, -0.15) is 0 Å². The van der Waals surface area contributed by atoms with Crippen LogP contribution in [0.1, 0.15) is 60.8 Å². The van der Waals surface area contributed by atoms with E-state index in [1.54, 1.807) is 21.9 Å². The minimum atomic E-state index is -1.31. The zero-order valence-corrected chi connectivity index (χ0v) is 17.8. The van der Waals surface area contributed by atoms with Crippen molar-refractivity contribution in [1.29, 1.82) is 0 Å². The minimum Gasteiger partial charge on any atom is -0.0656 e. The average Bonchev–Trinajstić information content (AvgIpc) is 3.07. The highest BCUT2D eigenvalue weighted by Crippen LogP contribution is 2.44. The summed E-state index contributed by atoms with van der Waals surface area (Å²) in [6.07, 6.45) is 7.36. The zero-order valence-electron chi connectivity index (χ0n) is 16.8. The van der Waals surface area contributed by atoms with Gasteiger partial charge in [-0.1, -0.05) is 90.6 Å². The number of benzene rings is 2. The molecule has 0 bridgehead atoms. The molecule has 2 atom stereocenters. The van der Waals surface area contributed by atoms with E-state index in [-0.39, 0.29) is 0 Å². The van der Waals surface area contributed by atoms with Crippen LogP contribution in [0.5, 0.6) is 0 Å². The molecule has 2 aliphatic carbocycles. The summed E-state index contributed by atoms with van der Waals surface area (Å²) in [5.41, 5.74) is 9.17. The van der Waals surface area contributed by atoms with Gasteiger partial charge >= 0.3 is 0 Å². The summed E-state index contributed by atoms with van der Waals surface area (Å²) in [5.74, 6) is 1.20. The van der Waals surface area contributed by atoms with Crippen molar-refractivity contribution in [3.8, 4) is 0 Å². The fraction of sp³-hybridized carbons (Fsp3) is 0.360. The highest BCUT2D eigenvalue weighted by molar-refractivity contribution is 6.89. The van der Waals surface area contributed by atoms with Gasteiger partial charge in [-0.05, 0) is 48.9 Å². The maximum Gasteiger partial charge on any atom is 0.0783 e. The van der Waals surface area contributed by atoms with Crippen LogP contribution in [0.2, 0.25) is 19.6 Å². The standard InChI is InChI=1S/C25H30Si/c1-17-15-19-9-6-7-10-22(19)20(17)13-14-21-18(2)16-24-23(21)11-8-12-25(24)26(3,4)5/h6-12,15-16,20-21H,13-14H2,1-5H3. The Kier molecular flexibility index (Phi) is 4.31. The SMILES string of the molecule is CC1=Cc2ccccc2C1CCC1C(C)=Cc2c1cccc2[Si](C)(C)C. The Labute approximate surface area is 159 Å². The quantitative estimate of drug-likeness (QED) is 0.533. The fourth-order valence-corrected chi connectivity index (χ4v) is 6.55. The summed E-state index contributed by atoms with van der Waals surface area (Å²) in [4.78, 5) is 0. The Morgan fingerprint density at radius 3 is 2.08 bits per heavy atom. The third-order valence-corrected chi connectivity index (χ3v) is 8.35. The van der Waals surface area contributed by atoms with Gasteiger partial charge in [-0.15, -0.1) is 0 Å². The Morgan fingerprint density at radius 1 is 0.731 bits per heavy atom. The van der Waals surface area contributed by atoms with E-state index in [4.69, 9.17) is 0 Å². The summed E-state index contributed by atoms with van der Waals surface area (Å²) >= 11 is 0. The molecular formula is C25H30Si. The van der Waals surface area contributed by atoms with Crippen molar-refractivity contribution in [2.75, 3.05) is 0 Å². The molecule has 0 N–H and O–H groups in total. The van der Waals surface area contributed by atoms with Gasteiger partial charge < -0.3 is 0 Å². The zero-order chi connectivity index (χ0) is 18.5. The third kappa shape index (κ3) is 2.93. The Morgan fingerprint density at radius 2 is 1.35 bits per heavy atom. The molecule has 2 aliphatic rings. The first-order valence-corrected chi connectivity index (χ1v) is 13.4. The van der Waals surface area contributed by atoms with E-state index in [2.05, 4.69) is 88.1 Å². The lowest BCUT2D eigenvalue weighted by molar-refractivity contribution is 0.611. The summed E-state index contributed by atoms with van der Waals surface area (Å²) in [6, 6.07) is 16.0. The van der Waals surface area contributed by atoms with Gasteiger partial charge in [0.2, 0.25) is 0 Å². The van der Waals surface area contributed by atoms with E-state index in [1.165, 1.54) is 29.5 Å². The average molecular weight is 359 g/mol. The van der Waals surface area contributed by atoms with Gasteiger partial charge in [-0.25, -0.2) is 0 Å². The Hall–Kier alpha value is -1.86. The number of hydrogen-bond acceptors (Lipinski definition) is 0. The predicted molar refractivity (Wildman–Crippen MR) is 118 cm³/mol. The topological polar surface area (TPSA) is 0 Å². The van der Waals surface area contributed by atoms with Crippen LogP contribution in [0.15, 0.2) is 53.6 Å². The molecule has 2 aromatic carbocycles. The molecule has 0 heterocycles. The van der Waals surface area contributed by atoms with Crippen LogP contribution in [0, 0.1) is 0 Å². The van der Waals surface area contributed by atoms with Crippen LogP contribution in [-0.4, -0.2) is 8.07 Å². The highest BCUT2D eigenvalue weighted by atomic mass is 28.3. The smallest absolute Gasteiger partial charge is 0.0656 e. The summed E-state index contributed by atoms with van der Waals surface area (Å²) in [6.45, 7) is 12.0. The molecule has 0 aromatic heterocycles. The van der Waals surface area contributed by atoms with Crippen LogP contribution in [0.3, 0.4) is 0 Å². The van der Waals surface area contributed by atoms with Gasteiger partial charge in [0.05, 0.1) is 8.07 Å². The van der Waals surface area contributed by atoms with Crippen molar-refractivity contribution in [1.82, 2.24) is 0 Å². The lowest BCUT2D eigenvalue weighted by atomic mass is 9.85. The molecule has 0 saturated heterocycles. The monoisotopic (exact) mass is 358 g/mol. The highest BCUT2D eigenvalue weighted by Gasteiger charge is 2.30. The maximum atomic E-state index is 2.48. The van der Waals surface area contributed by atoms with Crippen LogP contribution in [0.25, 0.3) is 12.2 Å². The first-order valence-electron chi connectivity index (χ1n) is 9.95. The Balaban J connectivity index is 1.59. The summed E-state index contributed by atoms with van der Waals surface area (Å²) in [7, 11) is -1.31. The third-order valence-electron chi connectivity index (χ3n) is 6.29. The van der Waals surface area contributed by atoms with Crippen molar-refractivity contribution < 1.29 is 0 Å². The van der Waals surface area contributed by atoms with E-state index < -0.39 is 8.07 Å². The first kappa shape index (κ1) is 17.5. The summed E-state index contributed by atoms with van der Waals surface area (Å²) in [5, 5.41) is 1.62. The van der Waals surface area contributed by atoms with Crippen LogP contribution in [0.4, 0.5) is 0 Å². The van der Waals surface area contributed by atoms with Crippen molar-refractivity contribution in [2.45, 2.75) is 58.2 Å². The van der Waals surface area contributed by atoms with Gasteiger partial charge in [0.15, 0.2) is 0 Å². The van der Waals surface area contributed by atoms with Crippen molar-refractivity contribution >= 4 is 25.4 Å². The Bertz CT molecular complexity index is 908. The first-order chi connectivity index (χ1) is 12.4. The molecule has 0 aliphatic heterocycles. The van der Waals surface area contributed by atoms with Crippen molar-refractivity contribution in [3.05, 3.63) is 75.9 Å². The molecule has 0 radical (unpaired) electrons. The molecule has 0 amide bonds. The molecule has 4 rings (SSSR count). The van der Waals surface area contributed by atoms with Crippen molar-refractivity contribution in [2.24, 2.45) is 0 Å². The second kappa shape index (κ2) is 6.39. The predicted octanol–water partition coefficient (Wildman–Crippen LogP) is 6.71. The fourth-order valence-electron chi connectivity index (χ4n) is 4.93. The largest absolute Gasteiger partial charge is 0.0783 e. The number of fused-ring (bicyclic) bond motifs is 2. The van der Waals surface area contributed by atoms with Crippen LogP contribution < -0.4 is 5.19 Å². The van der Waals surface area contributed by atoms with Gasteiger partial charge in [0.1, 0.15) is 0 Å². The van der Waals surface area contributed by atoms with Crippen LogP contribution in [-0.2, 0) is 0 Å². The molecule has 0 spiro atoms. The number of allylic oxidation sites excluding steroid dienone is 2. The van der Waals surface area contributed by atoms with E-state index in [0.717, 1.165) is 0 Å². The summed E-state index contributed by atoms with van der Waals surface area (Å²) < 4.78 is 0. The molecule has 1 heteroatoms. The molecule has 0 saturated carbocycles. The molecule has 2 aromatic rings. The number of rotatable bonds is 4. The molecule has 26 heavy (non-hydrogen) atoms. The number of hydrogen-bond donors (Lipinski definition) is 0. The maximum absolute atomic E-state index is 2.48. The van der Waals surface area contributed by atoms with Gasteiger partial charge in [0, 0.05) is 11.8 Å². The lowest BCUT2D eigenvalue weighted by Gasteiger charge is -2.23. The molecule has 0 fully saturated rings. The second-order valence-corrected chi connectivity index (χ2v) is 14.2. The van der Waals surface area contributed by atoms with E-state index >= 15 is 0 Å². The normalized spacial score (nSPS) is 21.3. The van der Waals surface area contributed by atoms with E-state index in [1.807, 2.05) is 0 Å². The molecule has 134 valence electrons. The molecular weight excluding hydrogens is 328 g/mol. The molecule has 2 unspecified atom stereocenters. The lowest BCUT2D eigenvalue weighted by Crippen LogP contribution is -2.39. The van der Waals surface area contributed by atoms with E-state index in [0.29, 0.717) is 11.8 Å². The van der Waals surface area contributed by atoms with Gasteiger partial charge in [-0.3, -0.25) is 0 Å². The van der Waals surface area contributed by atoms with E-state index in [9.17, 15) is 0 Å². The van der Waals surface area contributed by atoms with Crippen molar-refractivity contribution in [3.63, 3.8) is 0 Å². The minimum absolute atomic E-state index is 0.599. The molecule has 0 nitrogen and oxygen atoms in total. The second-order valence-electron chi connectivity index (χ2n) is 9.15.